The van der Waals surface area contributed by atoms with Gasteiger partial charge in [0.1, 0.15) is 17.4 Å². The molecule has 0 N–H and O–H groups in total. The summed E-state index contributed by atoms with van der Waals surface area (Å²) in [5.74, 6) is -2.02. The zero-order valence-corrected chi connectivity index (χ0v) is 11.1. The summed E-state index contributed by atoms with van der Waals surface area (Å²) in [6, 6.07) is 8.06. The molecule has 2 aromatic carbocycles. The lowest BCUT2D eigenvalue weighted by molar-refractivity contribution is -0.0498. The Morgan fingerprint density at radius 2 is 1.73 bits per heavy atom. The van der Waals surface area contributed by atoms with Crippen LogP contribution in [0, 0.1) is 11.6 Å². The largest absolute Gasteiger partial charge is 0.435 e. The maximum atomic E-state index is 13.4. The number of rotatable bonds is 5. The second-order valence-corrected chi connectivity index (χ2v) is 4.27. The minimum absolute atomic E-state index is 0.0624. The SMILES string of the molecule is O=C(/C=C/c1ccc(F)cc1F)c1ccc(OC(F)F)cc1. The highest BCUT2D eigenvalue weighted by Crippen LogP contribution is 2.16. The Morgan fingerprint density at radius 1 is 1.05 bits per heavy atom. The number of hydrogen-bond acceptors (Lipinski definition) is 2. The first-order chi connectivity index (χ1) is 10.5. The first kappa shape index (κ1) is 15.8. The molecule has 0 heterocycles. The van der Waals surface area contributed by atoms with Crippen LogP contribution in [0.15, 0.2) is 48.5 Å². The molecular formula is C16H10F4O2. The van der Waals surface area contributed by atoms with E-state index in [-0.39, 0.29) is 16.9 Å². The van der Waals surface area contributed by atoms with Crippen LogP contribution in [0.2, 0.25) is 0 Å². The number of ether oxygens (including phenoxy) is 1. The summed E-state index contributed by atoms with van der Waals surface area (Å²) in [6.45, 7) is -2.94. The molecule has 0 bridgehead atoms. The average molecular weight is 310 g/mol. The van der Waals surface area contributed by atoms with Gasteiger partial charge in [0.25, 0.3) is 0 Å². The fourth-order valence-electron chi connectivity index (χ4n) is 1.70. The Kier molecular flexibility index (Phi) is 4.93. The van der Waals surface area contributed by atoms with Crippen LogP contribution in [-0.2, 0) is 0 Å². The van der Waals surface area contributed by atoms with Gasteiger partial charge in [-0.1, -0.05) is 0 Å². The van der Waals surface area contributed by atoms with Gasteiger partial charge in [-0.25, -0.2) is 8.78 Å². The predicted octanol–water partition coefficient (Wildman–Crippen LogP) is 4.46. The predicted molar refractivity (Wildman–Crippen MR) is 72.8 cm³/mol. The van der Waals surface area contributed by atoms with E-state index in [0.29, 0.717) is 6.07 Å². The van der Waals surface area contributed by atoms with Crippen LogP contribution in [0.1, 0.15) is 15.9 Å². The van der Waals surface area contributed by atoms with Crippen molar-refractivity contribution in [2.75, 3.05) is 0 Å². The van der Waals surface area contributed by atoms with Crippen molar-refractivity contribution in [1.29, 1.82) is 0 Å². The molecule has 0 aliphatic carbocycles. The first-order valence-corrected chi connectivity index (χ1v) is 6.18. The Bertz CT molecular complexity index is 694. The van der Waals surface area contributed by atoms with Gasteiger partial charge in [0.05, 0.1) is 0 Å². The maximum Gasteiger partial charge on any atom is 0.387 e. The van der Waals surface area contributed by atoms with Gasteiger partial charge >= 0.3 is 6.61 Å². The van der Waals surface area contributed by atoms with Gasteiger partial charge in [-0.15, -0.1) is 0 Å². The summed E-state index contributed by atoms with van der Waals surface area (Å²) < 4.78 is 54.3. The van der Waals surface area contributed by atoms with Crippen LogP contribution in [-0.4, -0.2) is 12.4 Å². The van der Waals surface area contributed by atoms with E-state index in [1.807, 2.05) is 0 Å². The molecule has 22 heavy (non-hydrogen) atoms. The van der Waals surface area contributed by atoms with E-state index >= 15 is 0 Å². The van der Waals surface area contributed by atoms with Crippen molar-refractivity contribution in [3.8, 4) is 5.75 Å². The molecule has 2 nitrogen and oxygen atoms in total. The summed E-state index contributed by atoms with van der Waals surface area (Å²) in [7, 11) is 0. The lowest BCUT2D eigenvalue weighted by Crippen LogP contribution is -2.02. The smallest absolute Gasteiger partial charge is 0.387 e. The lowest BCUT2D eigenvalue weighted by Gasteiger charge is -2.04. The number of carbonyl (C=O) groups is 1. The van der Waals surface area contributed by atoms with Crippen molar-refractivity contribution in [3.63, 3.8) is 0 Å². The number of ketones is 1. The third-order valence-corrected chi connectivity index (χ3v) is 2.74. The Balaban J connectivity index is 2.09. The molecule has 0 saturated heterocycles. The zero-order chi connectivity index (χ0) is 16.1. The second-order valence-electron chi connectivity index (χ2n) is 4.27. The molecule has 0 saturated carbocycles. The summed E-state index contributed by atoms with van der Waals surface area (Å²) in [5.41, 5.74) is 0.285. The van der Waals surface area contributed by atoms with E-state index in [4.69, 9.17) is 0 Å². The summed E-state index contributed by atoms with van der Waals surface area (Å²) in [6.07, 6.45) is 2.32. The van der Waals surface area contributed by atoms with Crippen LogP contribution in [0.5, 0.6) is 5.75 Å². The van der Waals surface area contributed by atoms with Crippen LogP contribution in [0.25, 0.3) is 6.08 Å². The molecule has 0 fully saturated rings. The zero-order valence-electron chi connectivity index (χ0n) is 11.1. The van der Waals surface area contributed by atoms with Crippen LogP contribution in [0.3, 0.4) is 0 Å². The number of halogens is 4. The minimum Gasteiger partial charge on any atom is -0.435 e. The lowest BCUT2D eigenvalue weighted by atomic mass is 10.1. The molecule has 2 rings (SSSR count). The molecule has 0 aliphatic rings. The third-order valence-electron chi connectivity index (χ3n) is 2.74. The van der Waals surface area contributed by atoms with Gasteiger partial charge in [-0.05, 0) is 48.6 Å². The summed E-state index contributed by atoms with van der Waals surface area (Å²) in [5, 5.41) is 0. The molecule has 0 unspecified atom stereocenters. The normalized spacial score (nSPS) is 11.1. The fourth-order valence-corrected chi connectivity index (χ4v) is 1.70. The van der Waals surface area contributed by atoms with E-state index < -0.39 is 24.0 Å². The van der Waals surface area contributed by atoms with Gasteiger partial charge < -0.3 is 4.74 Å². The number of alkyl halides is 2. The summed E-state index contributed by atoms with van der Waals surface area (Å²) >= 11 is 0. The molecule has 0 amide bonds. The second kappa shape index (κ2) is 6.89. The van der Waals surface area contributed by atoms with Gasteiger partial charge in [-0.3, -0.25) is 4.79 Å². The first-order valence-electron chi connectivity index (χ1n) is 6.18. The molecule has 2 aromatic rings. The Hall–Kier alpha value is -2.63. The highest BCUT2D eigenvalue weighted by atomic mass is 19.3. The molecule has 0 aromatic heterocycles. The quantitative estimate of drug-likeness (QED) is 0.463. The van der Waals surface area contributed by atoms with Crippen molar-refractivity contribution < 1.29 is 27.1 Å². The van der Waals surface area contributed by atoms with Crippen LogP contribution < -0.4 is 4.74 Å². The molecule has 0 aliphatic heterocycles. The van der Waals surface area contributed by atoms with Gasteiger partial charge in [0, 0.05) is 17.2 Å². The van der Waals surface area contributed by atoms with Crippen molar-refractivity contribution in [2.24, 2.45) is 0 Å². The van der Waals surface area contributed by atoms with Gasteiger partial charge in [-0.2, -0.15) is 8.78 Å². The Labute approximate surface area is 123 Å². The topological polar surface area (TPSA) is 26.3 Å². The number of hydrogen-bond donors (Lipinski definition) is 0. The van der Waals surface area contributed by atoms with E-state index in [0.717, 1.165) is 12.1 Å². The highest BCUT2D eigenvalue weighted by Gasteiger charge is 2.07. The fraction of sp³-hybridized carbons (Fsp3) is 0.0625. The number of carbonyl (C=O) groups excluding carboxylic acids is 1. The maximum absolute atomic E-state index is 13.4. The van der Waals surface area contributed by atoms with Crippen LogP contribution in [0.4, 0.5) is 17.6 Å². The third kappa shape index (κ3) is 4.18. The average Bonchev–Trinajstić information content (AvgIpc) is 2.46. The number of allylic oxidation sites excluding steroid dienone is 1. The molecule has 0 atom stereocenters. The molecule has 0 spiro atoms. The van der Waals surface area contributed by atoms with Crippen molar-refractivity contribution >= 4 is 11.9 Å². The monoisotopic (exact) mass is 310 g/mol. The molecule has 0 radical (unpaired) electrons. The van der Waals surface area contributed by atoms with E-state index in [1.165, 1.54) is 36.4 Å². The summed E-state index contributed by atoms with van der Waals surface area (Å²) in [4.78, 5) is 11.9. The highest BCUT2D eigenvalue weighted by molar-refractivity contribution is 6.06. The van der Waals surface area contributed by atoms with E-state index in [1.54, 1.807) is 0 Å². The number of benzene rings is 2. The van der Waals surface area contributed by atoms with E-state index in [9.17, 15) is 22.4 Å². The van der Waals surface area contributed by atoms with Gasteiger partial charge in [0.2, 0.25) is 0 Å². The molecule has 114 valence electrons. The molecular weight excluding hydrogens is 300 g/mol. The van der Waals surface area contributed by atoms with Crippen molar-refractivity contribution in [1.82, 2.24) is 0 Å². The van der Waals surface area contributed by atoms with Gasteiger partial charge in [0.15, 0.2) is 5.78 Å². The van der Waals surface area contributed by atoms with Crippen LogP contribution >= 0.6 is 0 Å². The minimum atomic E-state index is -2.94. The van der Waals surface area contributed by atoms with Crippen molar-refractivity contribution in [3.05, 3.63) is 71.3 Å². The standard InChI is InChI=1S/C16H10F4O2/c17-12-5-1-10(14(18)9-12)4-8-15(21)11-2-6-13(7-3-11)22-16(19)20/h1-9,16H/b8-4+. The van der Waals surface area contributed by atoms with Crippen molar-refractivity contribution in [2.45, 2.75) is 6.61 Å². The van der Waals surface area contributed by atoms with E-state index in [2.05, 4.69) is 4.74 Å². The Morgan fingerprint density at radius 3 is 2.32 bits per heavy atom. The molecule has 6 heteroatoms.